The molecule has 0 aliphatic heterocycles. The minimum Gasteiger partial charge on any atom is -0.468 e. The van der Waals surface area contributed by atoms with Crippen molar-refractivity contribution in [3.8, 4) is 0 Å². The number of nitrogens with one attached hydrogen (secondary N) is 1. The molecule has 0 bridgehead atoms. The SMILES string of the molecule is CNCc1occc1CN(C)c1ccc(F)cc1. The molecule has 2 aromatic rings. The maximum absolute atomic E-state index is 12.9. The van der Waals surface area contributed by atoms with Crippen molar-refractivity contribution in [2.75, 3.05) is 19.0 Å². The van der Waals surface area contributed by atoms with Crippen LogP contribution in [0.25, 0.3) is 0 Å². The molecule has 2 rings (SSSR count). The lowest BCUT2D eigenvalue weighted by Crippen LogP contribution is -2.17. The number of benzene rings is 1. The Bertz CT molecular complexity index is 493. The maximum atomic E-state index is 12.9. The van der Waals surface area contributed by atoms with Crippen molar-refractivity contribution in [2.45, 2.75) is 13.1 Å². The van der Waals surface area contributed by atoms with Crippen molar-refractivity contribution in [1.82, 2.24) is 5.32 Å². The van der Waals surface area contributed by atoms with Crippen molar-refractivity contribution >= 4 is 5.69 Å². The highest BCUT2D eigenvalue weighted by Gasteiger charge is 2.09. The van der Waals surface area contributed by atoms with E-state index in [2.05, 4.69) is 10.2 Å². The number of halogens is 1. The second kappa shape index (κ2) is 5.69. The van der Waals surface area contributed by atoms with Gasteiger partial charge in [0.05, 0.1) is 12.8 Å². The summed E-state index contributed by atoms with van der Waals surface area (Å²) in [5.41, 5.74) is 2.11. The van der Waals surface area contributed by atoms with Crippen LogP contribution >= 0.6 is 0 Å². The molecule has 0 radical (unpaired) electrons. The van der Waals surface area contributed by atoms with Gasteiger partial charge in [0, 0.05) is 24.8 Å². The largest absolute Gasteiger partial charge is 0.468 e. The van der Waals surface area contributed by atoms with Gasteiger partial charge < -0.3 is 14.6 Å². The average molecular weight is 248 g/mol. The lowest BCUT2D eigenvalue weighted by Gasteiger charge is -2.19. The Morgan fingerprint density at radius 1 is 1.22 bits per heavy atom. The lowest BCUT2D eigenvalue weighted by molar-refractivity contribution is 0.490. The molecule has 0 saturated heterocycles. The highest BCUT2D eigenvalue weighted by Crippen LogP contribution is 2.18. The third-order valence-electron chi connectivity index (χ3n) is 2.85. The minimum atomic E-state index is -0.216. The number of rotatable bonds is 5. The summed E-state index contributed by atoms with van der Waals surface area (Å²) in [5.74, 6) is 0.720. The van der Waals surface area contributed by atoms with E-state index in [1.807, 2.05) is 20.2 Å². The molecular weight excluding hydrogens is 231 g/mol. The molecule has 3 nitrogen and oxygen atoms in total. The molecule has 0 unspecified atom stereocenters. The number of furan rings is 1. The van der Waals surface area contributed by atoms with Gasteiger partial charge >= 0.3 is 0 Å². The normalized spacial score (nSPS) is 10.6. The first-order valence-electron chi connectivity index (χ1n) is 5.87. The van der Waals surface area contributed by atoms with Gasteiger partial charge in [0.1, 0.15) is 11.6 Å². The van der Waals surface area contributed by atoms with Gasteiger partial charge in [-0.15, -0.1) is 0 Å². The molecule has 1 aromatic heterocycles. The maximum Gasteiger partial charge on any atom is 0.123 e. The van der Waals surface area contributed by atoms with Gasteiger partial charge in [-0.25, -0.2) is 4.39 Å². The third kappa shape index (κ3) is 2.90. The van der Waals surface area contributed by atoms with Crippen LogP contribution in [0, 0.1) is 5.82 Å². The second-order valence-corrected chi connectivity index (χ2v) is 4.23. The molecule has 0 fully saturated rings. The monoisotopic (exact) mass is 248 g/mol. The summed E-state index contributed by atoms with van der Waals surface area (Å²) in [6, 6.07) is 8.44. The van der Waals surface area contributed by atoms with Crippen LogP contribution in [0.1, 0.15) is 11.3 Å². The molecule has 0 aliphatic carbocycles. The number of hydrogen-bond acceptors (Lipinski definition) is 3. The van der Waals surface area contributed by atoms with E-state index in [1.165, 1.54) is 12.1 Å². The molecule has 1 heterocycles. The van der Waals surface area contributed by atoms with Crippen LogP contribution < -0.4 is 10.2 Å². The molecule has 1 N–H and O–H groups in total. The average Bonchev–Trinajstić information content (AvgIpc) is 2.78. The third-order valence-corrected chi connectivity index (χ3v) is 2.85. The Kier molecular flexibility index (Phi) is 3.99. The fraction of sp³-hybridized carbons (Fsp3) is 0.286. The van der Waals surface area contributed by atoms with Gasteiger partial charge in [-0.2, -0.15) is 0 Å². The fourth-order valence-electron chi connectivity index (χ4n) is 1.87. The Hall–Kier alpha value is -1.81. The smallest absolute Gasteiger partial charge is 0.123 e. The summed E-state index contributed by atoms with van der Waals surface area (Å²) in [6.07, 6.45) is 1.69. The Morgan fingerprint density at radius 3 is 2.61 bits per heavy atom. The number of anilines is 1. The zero-order chi connectivity index (χ0) is 13.0. The number of hydrogen-bond donors (Lipinski definition) is 1. The molecule has 0 saturated carbocycles. The molecule has 96 valence electrons. The first kappa shape index (κ1) is 12.6. The molecule has 1 aromatic carbocycles. The van der Waals surface area contributed by atoms with Crippen molar-refractivity contribution in [3.05, 3.63) is 53.7 Å². The van der Waals surface area contributed by atoms with E-state index in [0.29, 0.717) is 6.54 Å². The quantitative estimate of drug-likeness (QED) is 0.882. The van der Waals surface area contributed by atoms with Crippen LogP contribution in [0.4, 0.5) is 10.1 Å². The summed E-state index contributed by atoms with van der Waals surface area (Å²) < 4.78 is 18.3. The van der Waals surface area contributed by atoms with Crippen molar-refractivity contribution in [1.29, 1.82) is 0 Å². The second-order valence-electron chi connectivity index (χ2n) is 4.23. The zero-order valence-corrected chi connectivity index (χ0v) is 10.6. The summed E-state index contributed by atoms with van der Waals surface area (Å²) in [5, 5.41) is 3.07. The van der Waals surface area contributed by atoms with Crippen LogP contribution in [0.3, 0.4) is 0 Å². The summed E-state index contributed by atoms with van der Waals surface area (Å²) >= 11 is 0. The first-order chi connectivity index (χ1) is 8.70. The molecule has 18 heavy (non-hydrogen) atoms. The van der Waals surface area contributed by atoms with Gasteiger partial charge in [0.15, 0.2) is 0 Å². The van der Waals surface area contributed by atoms with Crippen LogP contribution in [0.15, 0.2) is 41.0 Å². The summed E-state index contributed by atoms with van der Waals surface area (Å²) in [6.45, 7) is 1.44. The lowest BCUT2D eigenvalue weighted by atomic mass is 10.2. The van der Waals surface area contributed by atoms with Gasteiger partial charge in [-0.3, -0.25) is 0 Å². The van der Waals surface area contributed by atoms with Crippen LogP contribution in [-0.4, -0.2) is 14.1 Å². The topological polar surface area (TPSA) is 28.4 Å². The first-order valence-corrected chi connectivity index (χ1v) is 5.87. The summed E-state index contributed by atoms with van der Waals surface area (Å²) in [7, 11) is 3.86. The predicted octanol–water partition coefficient (Wildman–Crippen LogP) is 2.77. The predicted molar refractivity (Wildman–Crippen MR) is 70.0 cm³/mol. The highest BCUT2D eigenvalue weighted by atomic mass is 19.1. The van der Waals surface area contributed by atoms with E-state index in [9.17, 15) is 4.39 Å². The van der Waals surface area contributed by atoms with Crippen LogP contribution in [-0.2, 0) is 13.1 Å². The highest BCUT2D eigenvalue weighted by molar-refractivity contribution is 5.46. The molecule has 4 heteroatoms. The standard InChI is InChI=1S/C14H17FN2O/c1-16-9-14-11(7-8-18-14)10-17(2)13-5-3-12(15)4-6-13/h3-8,16H,9-10H2,1-2H3. The molecule has 0 spiro atoms. The van der Waals surface area contributed by atoms with Gasteiger partial charge in [0.2, 0.25) is 0 Å². The van der Waals surface area contributed by atoms with Crippen molar-refractivity contribution in [2.24, 2.45) is 0 Å². The van der Waals surface area contributed by atoms with Crippen LogP contribution in [0.2, 0.25) is 0 Å². The molecule has 0 aliphatic rings. The zero-order valence-electron chi connectivity index (χ0n) is 10.6. The van der Waals surface area contributed by atoms with Gasteiger partial charge in [-0.1, -0.05) is 0 Å². The van der Waals surface area contributed by atoms with Gasteiger partial charge in [0.25, 0.3) is 0 Å². The van der Waals surface area contributed by atoms with Crippen molar-refractivity contribution in [3.63, 3.8) is 0 Å². The molecule has 0 amide bonds. The van der Waals surface area contributed by atoms with Crippen LogP contribution in [0.5, 0.6) is 0 Å². The Balaban J connectivity index is 2.08. The van der Waals surface area contributed by atoms with Crippen molar-refractivity contribution < 1.29 is 8.81 Å². The minimum absolute atomic E-state index is 0.216. The van der Waals surface area contributed by atoms with E-state index in [1.54, 1.807) is 18.4 Å². The fourth-order valence-corrected chi connectivity index (χ4v) is 1.87. The molecule has 0 atom stereocenters. The van der Waals surface area contributed by atoms with E-state index in [4.69, 9.17) is 4.42 Å². The Labute approximate surface area is 106 Å². The van der Waals surface area contributed by atoms with E-state index in [0.717, 1.165) is 23.6 Å². The number of nitrogens with zero attached hydrogens (tertiary/aromatic N) is 1. The van der Waals surface area contributed by atoms with Gasteiger partial charge in [-0.05, 0) is 37.4 Å². The van der Waals surface area contributed by atoms with E-state index < -0.39 is 0 Å². The van der Waals surface area contributed by atoms with E-state index >= 15 is 0 Å². The Morgan fingerprint density at radius 2 is 1.94 bits per heavy atom. The molecular formula is C14H17FN2O. The van der Waals surface area contributed by atoms with E-state index in [-0.39, 0.29) is 5.82 Å². The summed E-state index contributed by atoms with van der Waals surface area (Å²) in [4.78, 5) is 2.06.